The molecular weight excluding hydrogens is 412 g/mol. The Bertz CT molecular complexity index is 1290. The van der Waals surface area contributed by atoms with E-state index in [9.17, 15) is 15.4 Å². The van der Waals surface area contributed by atoms with Crippen LogP contribution >= 0.6 is 11.3 Å². The number of benzene rings is 2. The van der Waals surface area contributed by atoms with E-state index in [0.29, 0.717) is 22.0 Å². The van der Waals surface area contributed by atoms with Gasteiger partial charge in [0.25, 0.3) is 5.69 Å². The number of nitriles is 1. The average molecular weight is 430 g/mol. The summed E-state index contributed by atoms with van der Waals surface area (Å²) in [6, 6.07) is 14.6. The van der Waals surface area contributed by atoms with Gasteiger partial charge in [0.05, 0.1) is 33.5 Å². The maximum Gasteiger partial charge on any atom is 0.271 e. The molecule has 0 amide bonds. The summed E-state index contributed by atoms with van der Waals surface area (Å²) in [5.41, 5.74) is 4.26. The van der Waals surface area contributed by atoms with Crippen LogP contribution in [0.4, 0.5) is 11.4 Å². The number of para-hydroxylation sites is 1. The zero-order valence-electron chi connectivity index (χ0n) is 17.1. The van der Waals surface area contributed by atoms with Crippen LogP contribution in [-0.2, 0) is 0 Å². The van der Waals surface area contributed by atoms with Gasteiger partial charge in [-0.05, 0) is 49.8 Å². The van der Waals surface area contributed by atoms with E-state index in [4.69, 9.17) is 4.74 Å². The summed E-state index contributed by atoms with van der Waals surface area (Å²) in [4.78, 5) is 17.3. The van der Waals surface area contributed by atoms with Crippen molar-refractivity contribution in [2.24, 2.45) is 0 Å². The summed E-state index contributed by atoms with van der Waals surface area (Å²) >= 11 is 1.48. The first-order valence-corrected chi connectivity index (χ1v) is 10.2. The maximum absolute atomic E-state index is 11.3. The normalized spacial score (nSPS) is 13.5. The van der Waals surface area contributed by atoms with E-state index in [-0.39, 0.29) is 5.69 Å². The Hall–Kier alpha value is -3.96. The lowest BCUT2D eigenvalue weighted by Crippen LogP contribution is -2.22. The smallest absolute Gasteiger partial charge is 0.271 e. The summed E-state index contributed by atoms with van der Waals surface area (Å²) in [6.07, 6.45) is 3.77. The summed E-state index contributed by atoms with van der Waals surface area (Å²) in [5.74, 6) is 0.519. The second kappa shape index (κ2) is 8.05. The minimum atomic E-state index is -0.433. The molecule has 0 saturated heterocycles. The van der Waals surface area contributed by atoms with E-state index < -0.39 is 4.92 Å². The van der Waals surface area contributed by atoms with Gasteiger partial charge in [-0.15, -0.1) is 11.3 Å². The molecule has 3 aromatic rings. The molecule has 2 heterocycles. The average Bonchev–Trinajstić information content (AvgIpc) is 3.17. The number of nitrogens with zero attached hydrogens (tertiary/aromatic N) is 4. The minimum Gasteiger partial charge on any atom is -0.495 e. The highest BCUT2D eigenvalue weighted by Gasteiger charge is 2.24. The molecular formula is C23H18N4O3S. The summed E-state index contributed by atoms with van der Waals surface area (Å²) in [5, 5.41) is 21.8. The predicted octanol–water partition coefficient (Wildman–Crippen LogP) is 5.82. The van der Waals surface area contributed by atoms with Crippen LogP contribution in [-0.4, -0.2) is 17.0 Å². The third kappa shape index (κ3) is 3.67. The molecule has 7 nitrogen and oxygen atoms in total. The molecule has 0 radical (unpaired) electrons. The van der Waals surface area contributed by atoms with Gasteiger partial charge in [-0.1, -0.05) is 12.1 Å². The SMILES string of the molecule is COc1ccc([N+](=O)[O-])cc1N1C(C)=CC(=C(C#N)c2nc3ccccc3s2)C=C1C. The molecule has 31 heavy (non-hydrogen) atoms. The number of rotatable bonds is 4. The predicted molar refractivity (Wildman–Crippen MR) is 122 cm³/mol. The van der Waals surface area contributed by atoms with E-state index in [1.54, 1.807) is 6.07 Å². The number of ether oxygens (including phenoxy) is 1. The fourth-order valence-electron chi connectivity index (χ4n) is 3.61. The van der Waals surface area contributed by atoms with Crippen molar-refractivity contribution in [3.05, 3.63) is 86.7 Å². The zero-order valence-corrected chi connectivity index (χ0v) is 17.9. The van der Waals surface area contributed by atoms with Gasteiger partial charge in [-0.25, -0.2) is 4.98 Å². The van der Waals surface area contributed by atoms with Crippen molar-refractivity contribution in [2.45, 2.75) is 13.8 Å². The molecule has 8 heteroatoms. The number of anilines is 1. The molecule has 2 aromatic carbocycles. The molecule has 1 aliphatic heterocycles. The lowest BCUT2D eigenvalue weighted by molar-refractivity contribution is -0.384. The number of non-ortho nitro benzene ring substituents is 1. The van der Waals surface area contributed by atoms with Gasteiger partial charge >= 0.3 is 0 Å². The van der Waals surface area contributed by atoms with Gasteiger partial charge in [0, 0.05) is 23.5 Å². The minimum absolute atomic E-state index is 0.0232. The summed E-state index contributed by atoms with van der Waals surface area (Å²) in [6.45, 7) is 3.78. The standard InChI is InChI=1S/C23H18N4O3S/c1-14-10-16(18(13-24)23-25-19-6-4-5-7-22(19)31-23)11-15(2)26(14)20-12-17(27(28)29)8-9-21(20)30-3/h4-12H,1-3H3. The van der Waals surface area contributed by atoms with Gasteiger partial charge in [0.1, 0.15) is 16.8 Å². The van der Waals surface area contributed by atoms with E-state index in [2.05, 4.69) is 11.1 Å². The van der Waals surface area contributed by atoms with Crippen LogP contribution < -0.4 is 9.64 Å². The number of hydrogen-bond donors (Lipinski definition) is 0. The largest absolute Gasteiger partial charge is 0.495 e. The highest BCUT2D eigenvalue weighted by molar-refractivity contribution is 7.19. The Balaban J connectivity index is 1.82. The van der Waals surface area contributed by atoms with Crippen molar-refractivity contribution in [1.82, 2.24) is 4.98 Å². The van der Waals surface area contributed by atoms with Crippen LogP contribution in [0.15, 0.2) is 71.6 Å². The zero-order chi connectivity index (χ0) is 22.1. The van der Waals surface area contributed by atoms with Gasteiger partial charge in [-0.2, -0.15) is 5.26 Å². The number of hydrogen-bond acceptors (Lipinski definition) is 7. The number of methoxy groups -OCH3 is 1. The van der Waals surface area contributed by atoms with Gasteiger partial charge in [0.2, 0.25) is 0 Å². The fourth-order valence-corrected chi connectivity index (χ4v) is 4.59. The number of allylic oxidation sites excluding steroid dienone is 6. The summed E-state index contributed by atoms with van der Waals surface area (Å²) < 4.78 is 6.46. The fraction of sp³-hybridized carbons (Fsp3) is 0.130. The van der Waals surface area contributed by atoms with Crippen molar-refractivity contribution in [2.75, 3.05) is 12.0 Å². The third-order valence-electron chi connectivity index (χ3n) is 4.96. The van der Waals surface area contributed by atoms with Crippen LogP contribution in [0.5, 0.6) is 5.75 Å². The van der Waals surface area contributed by atoms with Crippen molar-refractivity contribution >= 4 is 38.5 Å². The molecule has 0 bridgehead atoms. The second-order valence-electron chi connectivity index (χ2n) is 6.95. The molecule has 154 valence electrons. The Morgan fingerprint density at radius 2 is 1.90 bits per heavy atom. The van der Waals surface area contributed by atoms with Crippen molar-refractivity contribution in [3.63, 3.8) is 0 Å². The molecule has 0 unspecified atom stereocenters. The number of thiazole rings is 1. The lowest BCUT2D eigenvalue weighted by Gasteiger charge is -2.30. The molecule has 1 aromatic heterocycles. The topological polar surface area (TPSA) is 92.3 Å². The maximum atomic E-state index is 11.3. The van der Waals surface area contributed by atoms with E-state index >= 15 is 0 Å². The number of aromatic nitrogens is 1. The Morgan fingerprint density at radius 1 is 1.19 bits per heavy atom. The van der Waals surface area contributed by atoms with Crippen LogP contribution in [0.1, 0.15) is 18.9 Å². The third-order valence-corrected chi connectivity index (χ3v) is 6.01. The molecule has 0 N–H and O–H groups in total. The first-order chi connectivity index (χ1) is 14.9. The highest BCUT2D eigenvalue weighted by Crippen LogP contribution is 2.40. The van der Waals surface area contributed by atoms with Crippen LogP contribution in [0.25, 0.3) is 15.8 Å². The Kier molecular flexibility index (Phi) is 5.28. The van der Waals surface area contributed by atoms with Gasteiger partial charge in [0.15, 0.2) is 0 Å². The van der Waals surface area contributed by atoms with E-state index in [1.165, 1.54) is 30.6 Å². The van der Waals surface area contributed by atoms with E-state index in [0.717, 1.165) is 27.2 Å². The highest BCUT2D eigenvalue weighted by atomic mass is 32.1. The molecule has 0 fully saturated rings. The summed E-state index contributed by atoms with van der Waals surface area (Å²) in [7, 11) is 1.53. The molecule has 0 atom stereocenters. The molecule has 4 rings (SSSR count). The second-order valence-corrected chi connectivity index (χ2v) is 7.98. The number of nitro benzene ring substituents is 1. The Morgan fingerprint density at radius 3 is 2.52 bits per heavy atom. The number of fused-ring (bicyclic) bond motifs is 1. The van der Waals surface area contributed by atoms with Crippen molar-refractivity contribution in [1.29, 1.82) is 5.26 Å². The van der Waals surface area contributed by atoms with Crippen LogP contribution in [0.3, 0.4) is 0 Å². The Labute approximate surface area is 183 Å². The first kappa shape index (κ1) is 20.3. The quantitative estimate of drug-likeness (QED) is 0.294. The first-order valence-electron chi connectivity index (χ1n) is 9.42. The van der Waals surface area contributed by atoms with Crippen molar-refractivity contribution in [3.8, 4) is 11.8 Å². The van der Waals surface area contributed by atoms with Crippen molar-refractivity contribution < 1.29 is 9.66 Å². The van der Waals surface area contributed by atoms with Crippen LogP contribution in [0.2, 0.25) is 0 Å². The molecule has 1 aliphatic rings. The van der Waals surface area contributed by atoms with Crippen LogP contribution in [0, 0.1) is 21.4 Å². The molecule has 0 saturated carbocycles. The molecule has 0 aliphatic carbocycles. The van der Waals surface area contributed by atoms with E-state index in [1.807, 2.05) is 55.2 Å². The molecule has 0 spiro atoms. The lowest BCUT2D eigenvalue weighted by atomic mass is 10.0. The van der Waals surface area contributed by atoms with Gasteiger partial charge in [-0.3, -0.25) is 10.1 Å². The number of nitro groups is 1. The van der Waals surface area contributed by atoms with Gasteiger partial charge < -0.3 is 9.64 Å². The monoisotopic (exact) mass is 430 g/mol.